The number of hydrogen-bond donors (Lipinski definition) is 4. The van der Waals surface area contributed by atoms with Crippen molar-refractivity contribution in [2.45, 2.75) is 12.8 Å². The van der Waals surface area contributed by atoms with Crippen LogP contribution in [0, 0.1) is 16.0 Å². The summed E-state index contributed by atoms with van der Waals surface area (Å²) >= 11 is 0. The average Bonchev–Trinajstić information content (AvgIpc) is 3.27. The first kappa shape index (κ1) is 13.9. The van der Waals surface area contributed by atoms with Gasteiger partial charge in [0, 0.05) is 19.0 Å². The molecule has 20 heavy (non-hydrogen) atoms. The molecule has 108 valence electrons. The summed E-state index contributed by atoms with van der Waals surface area (Å²) in [5.41, 5.74) is 1.82. The fraction of sp³-hybridized carbons (Fsp3) is 0.500. The highest BCUT2D eigenvalue weighted by atomic mass is 16.6. The van der Waals surface area contributed by atoms with Crippen LogP contribution in [0.15, 0.2) is 6.33 Å². The van der Waals surface area contributed by atoms with Crippen LogP contribution in [0.4, 0.5) is 17.3 Å². The number of nitrogens with two attached hydrogens (primary N) is 1. The Bertz CT molecular complexity index is 518. The summed E-state index contributed by atoms with van der Waals surface area (Å²) in [6.07, 6.45) is 3.03. The van der Waals surface area contributed by atoms with Gasteiger partial charge < -0.3 is 16.1 Å². The Hall–Kier alpha value is -2.49. The van der Waals surface area contributed by atoms with Gasteiger partial charge in [0.05, 0.1) is 4.92 Å². The van der Waals surface area contributed by atoms with Gasteiger partial charge in [0.15, 0.2) is 0 Å². The van der Waals surface area contributed by atoms with Crippen LogP contribution in [0.25, 0.3) is 0 Å². The first-order chi connectivity index (χ1) is 9.63. The molecule has 0 radical (unpaired) electrons. The number of carbonyl (C=O) groups excluding carboxylic acids is 1. The number of hydrazine groups is 1. The van der Waals surface area contributed by atoms with Gasteiger partial charge in [-0.15, -0.1) is 0 Å². The van der Waals surface area contributed by atoms with Crippen LogP contribution in [-0.2, 0) is 4.79 Å². The topological polar surface area (TPSA) is 148 Å². The fourth-order valence-electron chi connectivity index (χ4n) is 1.64. The van der Waals surface area contributed by atoms with E-state index in [1.807, 2.05) is 0 Å². The molecule has 0 unspecified atom stereocenters. The van der Waals surface area contributed by atoms with Gasteiger partial charge in [-0.1, -0.05) is 0 Å². The molecular weight excluding hydrogens is 266 g/mol. The largest absolute Gasteiger partial charge is 0.362 e. The number of aromatic nitrogens is 2. The number of anilines is 2. The second-order valence-corrected chi connectivity index (χ2v) is 4.31. The number of nitrogens with zero attached hydrogens (tertiary/aromatic N) is 3. The van der Waals surface area contributed by atoms with E-state index in [0.717, 1.165) is 19.2 Å². The highest BCUT2D eigenvalue weighted by Gasteiger charge is 2.29. The van der Waals surface area contributed by atoms with Gasteiger partial charge in [0.1, 0.15) is 6.33 Å². The minimum Gasteiger partial charge on any atom is -0.362 e. The van der Waals surface area contributed by atoms with Gasteiger partial charge in [-0.05, 0) is 12.8 Å². The zero-order valence-electron chi connectivity index (χ0n) is 10.6. The van der Waals surface area contributed by atoms with E-state index < -0.39 is 4.92 Å². The Morgan fingerprint density at radius 3 is 2.70 bits per heavy atom. The normalized spacial score (nSPS) is 13.7. The molecule has 1 aliphatic carbocycles. The van der Waals surface area contributed by atoms with E-state index in [2.05, 4.69) is 26.0 Å². The number of amides is 1. The van der Waals surface area contributed by atoms with Gasteiger partial charge in [-0.2, -0.15) is 0 Å². The summed E-state index contributed by atoms with van der Waals surface area (Å²) in [7, 11) is 0. The third kappa shape index (κ3) is 3.29. The predicted octanol–water partition coefficient (Wildman–Crippen LogP) is -0.392. The van der Waals surface area contributed by atoms with Crippen molar-refractivity contribution in [3.63, 3.8) is 0 Å². The van der Waals surface area contributed by atoms with E-state index in [-0.39, 0.29) is 29.1 Å². The van der Waals surface area contributed by atoms with E-state index in [1.54, 1.807) is 0 Å². The third-order valence-corrected chi connectivity index (χ3v) is 2.81. The number of rotatable bonds is 7. The third-order valence-electron chi connectivity index (χ3n) is 2.81. The second kappa shape index (κ2) is 6.10. The van der Waals surface area contributed by atoms with Crippen LogP contribution >= 0.6 is 0 Å². The van der Waals surface area contributed by atoms with Gasteiger partial charge in [-0.3, -0.25) is 14.9 Å². The molecule has 0 aromatic carbocycles. The maximum absolute atomic E-state index is 11.4. The summed E-state index contributed by atoms with van der Waals surface area (Å²) < 4.78 is 0. The van der Waals surface area contributed by atoms with Crippen LogP contribution in [-0.4, -0.2) is 33.9 Å². The van der Waals surface area contributed by atoms with Crippen molar-refractivity contribution in [2.75, 3.05) is 23.8 Å². The predicted molar refractivity (Wildman–Crippen MR) is 70.7 cm³/mol. The van der Waals surface area contributed by atoms with Crippen LogP contribution in [0.5, 0.6) is 0 Å². The number of hydrogen-bond acceptors (Lipinski definition) is 8. The monoisotopic (exact) mass is 281 g/mol. The van der Waals surface area contributed by atoms with E-state index in [9.17, 15) is 14.9 Å². The lowest BCUT2D eigenvalue weighted by molar-refractivity contribution is -0.383. The van der Waals surface area contributed by atoms with Crippen LogP contribution in [0.1, 0.15) is 12.8 Å². The molecule has 0 spiro atoms. The number of nitrogens with one attached hydrogen (secondary N) is 3. The summed E-state index contributed by atoms with van der Waals surface area (Å²) in [5, 5.41) is 16.5. The molecule has 1 amide bonds. The lowest BCUT2D eigenvalue weighted by Gasteiger charge is -2.08. The standard InChI is InChI=1S/C10H15N7O3/c11-16-9-7(17(19)20)8(14-5-15-9)12-3-4-13-10(18)6-1-2-6/h5-6H,1-4,11H2,(H,13,18)(H2,12,14,15,16). The van der Waals surface area contributed by atoms with E-state index >= 15 is 0 Å². The van der Waals surface area contributed by atoms with Crippen LogP contribution < -0.4 is 21.9 Å². The molecule has 1 aromatic rings. The quantitative estimate of drug-likeness (QED) is 0.228. The molecule has 2 rings (SSSR count). The maximum atomic E-state index is 11.4. The molecule has 10 heteroatoms. The zero-order chi connectivity index (χ0) is 14.5. The maximum Gasteiger partial charge on any atom is 0.354 e. The summed E-state index contributed by atoms with van der Waals surface area (Å²) in [6.45, 7) is 0.683. The van der Waals surface area contributed by atoms with Crippen molar-refractivity contribution in [3.8, 4) is 0 Å². The molecule has 0 atom stereocenters. The number of nitro groups is 1. The molecule has 1 aliphatic rings. The molecular formula is C10H15N7O3. The van der Waals surface area contributed by atoms with Crippen molar-refractivity contribution in [2.24, 2.45) is 11.8 Å². The van der Waals surface area contributed by atoms with Crippen molar-refractivity contribution in [1.82, 2.24) is 15.3 Å². The van der Waals surface area contributed by atoms with Crippen molar-refractivity contribution in [3.05, 3.63) is 16.4 Å². The van der Waals surface area contributed by atoms with Gasteiger partial charge in [-0.25, -0.2) is 15.8 Å². The zero-order valence-corrected chi connectivity index (χ0v) is 10.6. The van der Waals surface area contributed by atoms with Gasteiger partial charge in [0.2, 0.25) is 17.5 Å². The van der Waals surface area contributed by atoms with Gasteiger partial charge >= 0.3 is 5.69 Å². The molecule has 0 aliphatic heterocycles. The molecule has 0 bridgehead atoms. The smallest absolute Gasteiger partial charge is 0.354 e. The summed E-state index contributed by atoms with van der Waals surface area (Å²) in [4.78, 5) is 29.2. The number of carbonyl (C=O) groups is 1. The second-order valence-electron chi connectivity index (χ2n) is 4.31. The van der Waals surface area contributed by atoms with Crippen LogP contribution in [0.2, 0.25) is 0 Å². The minimum atomic E-state index is -0.625. The fourth-order valence-corrected chi connectivity index (χ4v) is 1.64. The molecule has 1 heterocycles. The lowest BCUT2D eigenvalue weighted by Crippen LogP contribution is -2.30. The summed E-state index contributed by atoms with van der Waals surface area (Å²) in [5.74, 6) is 5.30. The Kier molecular flexibility index (Phi) is 4.25. The number of nitrogen functional groups attached to an aromatic ring is 1. The minimum absolute atomic E-state index is 0.0216. The van der Waals surface area contributed by atoms with E-state index in [4.69, 9.17) is 5.84 Å². The highest BCUT2D eigenvalue weighted by molar-refractivity contribution is 5.80. The first-order valence-electron chi connectivity index (χ1n) is 6.11. The molecule has 10 nitrogen and oxygen atoms in total. The molecule has 1 aromatic heterocycles. The van der Waals surface area contributed by atoms with Crippen molar-refractivity contribution < 1.29 is 9.72 Å². The average molecular weight is 281 g/mol. The van der Waals surface area contributed by atoms with Crippen molar-refractivity contribution in [1.29, 1.82) is 0 Å². The summed E-state index contributed by atoms with van der Waals surface area (Å²) in [6, 6.07) is 0. The SMILES string of the molecule is NNc1ncnc(NCCNC(=O)C2CC2)c1[N+](=O)[O-]. The Morgan fingerprint density at radius 2 is 2.10 bits per heavy atom. The van der Waals surface area contributed by atoms with E-state index in [0.29, 0.717) is 13.1 Å². The molecule has 1 fully saturated rings. The van der Waals surface area contributed by atoms with Crippen molar-refractivity contribution >= 4 is 23.2 Å². The van der Waals surface area contributed by atoms with E-state index in [1.165, 1.54) is 0 Å². The Labute approximate surface area is 114 Å². The highest BCUT2D eigenvalue weighted by Crippen LogP contribution is 2.29. The Morgan fingerprint density at radius 1 is 1.40 bits per heavy atom. The molecule has 1 saturated carbocycles. The molecule has 5 N–H and O–H groups in total. The molecule has 0 saturated heterocycles. The Balaban J connectivity index is 1.91. The first-order valence-corrected chi connectivity index (χ1v) is 6.11. The van der Waals surface area contributed by atoms with Gasteiger partial charge in [0.25, 0.3) is 0 Å². The lowest BCUT2D eigenvalue weighted by atomic mass is 10.4. The van der Waals surface area contributed by atoms with Crippen LogP contribution in [0.3, 0.4) is 0 Å².